The Morgan fingerprint density at radius 2 is 2.22 bits per heavy atom. The summed E-state index contributed by atoms with van der Waals surface area (Å²) in [5, 5.41) is 0. The van der Waals surface area contributed by atoms with Crippen LogP contribution in [-0.2, 0) is 0 Å². The smallest absolute Gasteiger partial charge is 0.194 e. The molecule has 0 aliphatic carbocycles. The molecule has 1 rings (SSSR count). The van der Waals surface area contributed by atoms with Gasteiger partial charge in [-0.25, -0.2) is 4.99 Å². The molecule has 1 heterocycles. The van der Waals surface area contributed by atoms with E-state index < -0.39 is 0 Å². The van der Waals surface area contributed by atoms with E-state index in [9.17, 15) is 0 Å². The van der Waals surface area contributed by atoms with Crippen LogP contribution in [-0.4, -0.2) is 24.9 Å². The summed E-state index contributed by atoms with van der Waals surface area (Å²) < 4.78 is 0.795. The fourth-order valence-electron chi connectivity index (χ4n) is 0.856. The van der Waals surface area contributed by atoms with E-state index in [1.165, 1.54) is 5.70 Å². The normalized spacial score (nSPS) is 22.3. The average molecular weight is 125 g/mol. The molecule has 0 saturated heterocycles. The first kappa shape index (κ1) is 6.49. The Bertz CT molecular complexity index is 166. The first-order chi connectivity index (χ1) is 4.14. The van der Waals surface area contributed by atoms with E-state index >= 15 is 0 Å². The number of hydrogen-bond acceptors (Lipinski definition) is 1. The van der Waals surface area contributed by atoms with E-state index in [0.717, 1.165) is 10.9 Å². The number of allylic oxidation sites excluding steroid dienone is 1. The van der Waals surface area contributed by atoms with Crippen molar-refractivity contribution in [2.24, 2.45) is 4.99 Å². The molecule has 0 N–H and O–H groups in total. The molecule has 0 aromatic rings. The Hall–Kier alpha value is -0.630. The highest BCUT2D eigenvalue weighted by molar-refractivity contribution is 5.52. The Morgan fingerprint density at radius 1 is 1.56 bits per heavy atom. The van der Waals surface area contributed by atoms with Crippen LogP contribution in [0.1, 0.15) is 13.3 Å². The van der Waals surface area contributed by atoms with Crippen molar-refractivity contribution in [1.29, 1.82) is 0 Å². The quantitative estimate of drug-likeness (QED) is 0.469. The molecule has 0 unspecified atom stereocenters. The van der Waals surface area contributed by atoms with Crippen LogP contribution in [0.2, 0.25) is 0 Å². The Kier molecular flexibility index (Phi) is 1.41. The monoisotopic (exact) mass is 125 g/mol. The van der Waals surface area contributed by atoms with Gasteiger partial charge in [0.15, 0.2) is 6.34 Å². The molecule has 0 spiro atoms. The van der Waals surface area contributed by atoms with Crippen LogP contribution in [0.25, 0.3) is 0 Å². The summed E-state index contributed by atoms with van der Waals surface area (Å²) in [6, 6.07) is 0. The second kappa shape index (κ2) is 1.95. The van der Waals surface area contributed by atoms with Gasteiger partial charge in [0, 0.05) is 0 Å². The van der Waals surface area contributed by atoms with Crippen molar-refractivity contribution in [3.05, 3.63) is 11.9 Å². The highest BCUT2D eigenvalue weighted by Gasteiger charge is 2.15. The van der Waals surface area contributed by atoms with Crippen LogP contribution in [0.15, 0.2) is 16.9 Å². The van der Waals surface area contributed by atoms with Crippen molar-refractivity contribution in [3.8, 4) is 0 Å². The van der Waals surface area contributed by atoms with Crippen molar-refractivity contribution in [2.75, 3.05) is 14.1 Å². The lowest BCUT2D eigenvalue weighted by Crippen LogP contribution is -2.28. The van der Waals surface area contributed by atoms with E-state index in [1.54, 1.807) is 0 Å². The van der Waals surface area contributed by atoms with E-state index in [1.807, 2.05) is 6.34 Å². The van der Waals surface area contributed by atoms with E-state index in [0.29, 0.717) is 0 Å². The summed E-state index contributed by atoms with van der Waals surface area (Å²) >= 11 is 0. The third kappa shape index (κ3) is 1.39. The Morgan fingerprint density at radius 3 is 2.44 bits per heavy atom. The van der Waals surface area contributed by atoms with Crippen molar-refractivity contribution in [3.63, 3.8) is 0 Å². The zero-order chi connectivity index (χ0) is 6.91. The van der Waals surface area contributed by atoms with E-state index in [2.05, 4.69) is 32.2 Å². The van der Waals surface area contributed by atoms with E-state index in [4.69, 9.17) is 0 Å². The topological polar surface area (TPSA) is 12.4 Å². The van der Waals surface area contributed by atoms with Gasteiger partial charge in [0.25, 0.3) is 0 Å². The Balaban J connectivity index is 2.74. The van der Waals surface area contributed by atoms with Gasteiger partial charge in [-0.05, 0) is 6.42 Å². The first-order valence-electron chi connectivity index (χ1n) is 3.24. The van der Waals surface area contributed by atoms with Gasteiger partial charge in [0.2, 0.25) is 0 Å². The van der Waals surface area contributed by atoms with Crippen LogP contribution in [0, 0.1) is 0 Å². The lowest BCUT2D eigenvalue weighted by molar-refractivity contribution is -0.732. The molecule has 0 amide bonds. The lowest BCUT2D eigenvalue weighted by atomic mass is 10.4. The molecule has 0 aromatic carbocycles. The largest absolute Gasteiger partial charge is 0.258 e. The summed E-state index contributed by atoms with van der Waals surface area (Å²) in [6.07, 6.45) is 5.14. The minimum Gasteiger partial charge on any atom is -0.258 e. The highest BCUT2D eigenvalue weighted by atomic mass is 15.3. The molecule has 0 atom stereocenters. The maximum Gasteiger partial charge on any atom is 0.194 e. The molecule has 9 heavy (non-hydrogen) atoms. The number of quaternary nitrogens is 1. The zero-order valence-electron chi connectivity index (χ0n) is 6.26. The second-order valence-electron chi connectivity index (χ2n) is 2.85. The molecular formula is C7H13N2+. The molecule has 0 bridgehead atoms. The highest BCUT2D eigenvalue weighted by Crippen LogP contribution is 2.12. The minimum atomic E-state index is 0.795. The Labute approximate surface area is 56.1 Å². The summed E-state index contributed by atoms with van der Waals surface area (Å²) in [5.74, 6) is 0. The third-order valence-electron chi connectivity index (χ3n) is 1.37. The number of rotatable bonds is 1. The summed E-state index contributed by atoms with van der Waals surface area (Å²) in [7, 11) is 4.21. The van der Waals surface area contributed by atoms with Crippen molar-refractivity contribution >= 4 is 6.34 Å². The molecule has 0 saturated carbocycles. The lowest BCUT2D eigenvalue weighted by Gasteiger charge is -2.12. The maximum atomic E-state index is 4.22. The first-order valence-corrected chi connectivity index (χ1v) is 3.24. The minimum absolute atomic E-state index is 0.795. The second-order valence-corrected chi connectivity index (χ2v) is 2.85. The number of hydrogen-bond donors (Lipinski definition) is 0. The SMILES string of the molecule is CCC1=C[N+](C)(C)C=N1. The standard InChI is InChI=1S/C7H13N2/c1-4-7-5-9(2,3)6-8-7/h5-6H,4H2,1-3H3/q+1. The van der Waals surface area contributed by atoms with Crippen molar-refractivity contribution in [1.82, 2.24) is 0 Å². The maximum absolute atomic E-state index is 4.22. The molecule has 50 valence electrons. The molecular weight excluding hydrogens is 112 g/mol. The summed E-state index contributed by atoms with van der Waals surface area (Å²) in [4.78, 5) is 4.22. The van der Waals surface area contributed by atoms with Gasteiger partial charge in [-0.1, -0.05) is 6.92 Å². The predicted octanol–water partition coefficient (Wildman–Crippen LogP) is 1.36. The summed E-state index contributed by atoms with van der Waals surface area (Å²) in [5.41, 5.74) is 1.19. The van der Waals surface area contributed by atoms with E-state index in [-0.39, 0.29) is 0 Å². The predicted molar refractivity (Wildman–Crippen MR) is 39.0 cm³/mol. The summed E-state index contributed by atoms with van der Waals surface area (Å²) in [6.45, 7) is 2.12. The third-order valence-corrected chi connectivity index (χ3v) is 1.37. The number of aliphatic imine (C=N–C) groups is 1. The van der Waals surface area contributed by atoms with Crippen LogP contribution >= 0.6 is 0 Å². The van der Waals surface area contributed by atoms with Crippen LogP contribution < -0.4 is 0 Å². The fourth-order valence-corrected chi connectivity index (χ4v) is 0.856. The van der Waals surface area contributed by atoms with Crippen LogP contribution in [0.4, 0.5) is 0 Å². The van der Waals surface area contributed by atoms with Crippen molar-refractivity contribution in [2.45, 2.75) is 13.3 Å². The molecule has 0 aromatic heterocycles. The van der Waals surface area contributed by atoms with Crippen LogP contribution in [0.5, 0.6) is 0 Å². The molecule has 0 radical (unpaired) electrons. The van der Waals surface area contributed by atoms with Gasteiger partial charge in [-0.3, -0.25) is 4.48 Å². The fraction of sp³-hybridized carbons (Fsp3) is 0.571. The van der Waals surface area contributed by atoms with Crippen LogP contribution in [0.3, 0.4) is 0 Å². The van der Waals surface area contributed by atoms with Gasteiger partial charge in [-0.2, -0.15) is 0 Å². The van der Waals surface area contributed by atoms with Crippen molar-refractivity contribution < 1.29 is 4.48 Å². The average Bonchev–Trinajstić information content (AvgIpc) is 2.10. The van der Waals surface area contributed by atoms with Gasteiger partial charge >= 0.3 is 0 Å². The molecule has 2 nitrogen and oxygen atoms in total. The molecule has 1 aliphatic rings. The van der Waals surface area contributed by atoms with Gasteiger partial charge in [0.05, 0.1) is 19.8 Å². The number of nitrogens with zero attached hydrogens (tertiary/aromatic N) is 2. The molecule has 1 aliphatic heterocycles. The zero-order valence-corrected chi connectivity index (χ0v) is 6.26. The van der Waals surface area contributed by atoms with Gasteiger partial charge in [-0.15, -0.1) is 0 Å². The molecule has 2 heteroatoms. The molecule has 0 fully saturated rings. The van der Waals surface area contributed by atoms with Gasteiger partial charge in [0.1, 0.15) is 6.20 Å². The van der Waals surface area contributed by atoms with Gasteiger partial charge < -0.3 is 0 Å².